The first-order chi connectivity index (χ1) is 9.34. The van der Waals surface area contributed by atoms with E-state index in [4.69, 9.17) is 4.42 Å². The summed E-state index contributed by atoms with van der Waals surface area (Å²) in [5, 5.41) is 2.89. The maximum atomic E-state index is 11.5. The summed E-state index contributed by atoms with van der Waals surface area (Å²) in [5.41, 5.74) is 0. The highest BCUT2D eigenvalue weighted by molar-refractivity contribution is 5.91. The van der Waals surface area contributed by atoms with E-state index in [0.717, 1.165) is 19.5 Å². The molecule has 0 spiro atoms. The van der Waals surface area contributed by atoms with Crippen molar-refractivity contribution < 1.29 is 9.21 Å². The fourth-order valence-electron chi connectivity index (χ4n) is 2.30. The molecule has 1 fully saturated rings. The Morgan fingerprint density at radius 2 is 2.21 bits per heavy atom. The molecule has 2 rings (SSSR count). The molecule has 1 aliphatic heterocycles. The third kappa shape index (κ3) is 5.30. The molecule has 1 aromatic heterocycles. The van der Waals surface area contributed by atoms with Gasteiger partial charge in [-0.25, -0.2) is 0 Å². The summed E-state index contributed by atoms with van der Waals surface area (Å²) in [6.07, 6.45) is 9.80. The average molecular weight is 262 g/mol. The molecular weight excluding hydrogens is 240 g/mol. The molecule has 104 valence electrons. The van der Waals surface area contributed by atoms with E-state index in [9.17, 15) is 4.79 Å². The Hall–Kier alpha value is -1.55. The van der Waals surface area contributed by atoms with Gasteiger partial charge in [-0.15, -0.1) is 0 Å². The Morgan fingerprint density at radius 3 is 2.95 bits per heavy atom. The van der Waals surface area contributed by atoms with Crippen LogP contribution in [0.25, 0.3) is 6.08 Å². The number of furan rings is 1. The van der Waals surface area contributed by atoms with Gasteiger partial charge in [-0.1, -0.05) is 6.42 Å². The van der Waals surface area contributed by atoms with Crippen molar-refractivity contribution in [2.45, 2.75) is 25.7 Å². The number of amides is 1. The van der Waals surface area contributed by atoms with Gasteiger partial charge >= 0.3 is 0 Å². The van der Waals surface area contributed by atoms with Gasteiger partial charge in [0.2, 0.25) is 5.91 Å². The largest absolute Gasteiger partial charge is 0.465 e. The Labute approximate surface area is 114 Å². The predicted octanol–water partition coefficient (Wildman–Crippen LogP) is 2.29. The highest BCUT2D eigenvalue weighted by Gasteiger charge is 2.08. The zero-order chi connectivity index (χ0) is 13.3. The first kappa shape index (κ1) is 13.9. The summed E-state index contributed by atoms with van der Waals surface area (Å²) in [6, 6.07) is 3.62. The number of hydrogen-bond acceptors (Lipinski definition) is 3. The molecule has 1 aromatic rings. The van der Waals surface area contributed by atoms with E-state index in [1.54, 1.807) is 18.4 Å². The van der Waals surface area contributed by atoms with Crippen LogP contribution in [0.4, 0.5) is 0 Å². The number of nitrogens with zero attached hydrogens (tertiary/aromatic N) is 1. The van der Waals surface area contributed by atoms with Crippen LogP contribution in [0.1, 0.15) is 31.4 Å². The van der Waals surface area contributed by atoms with Crippen LogP contribution in [0.5, 0.6) is 0 Å². The first-order valence-electron chi connectivity index (χ1n) is 7.06. The lowest BCUT2D eigenvalue weighted by Gasteiger charge is -2.26. The molecule has 0 atom stereocenters. The van der Waals surface area contributed by atoms with Crippen molar-refractivity contribution in [1.29, 1.82) is 0 Å². The maximum absolute atomic E-state index is 11.5. The lowest BCUT2D eigenvalue weighted by molar-refractivity contribution is -0.116. The fraction of sp³-hybridized carbons (Fsp3) is 0.533. The van der Waals surface area contributed by atoms with Crippen molar-refractivity contribution in [2.75, 3.05) is 26.2 Å². The van der Waals surface area contributed by atoms with Gasteiger partial charge in [0.05, 0.1) is 6.26 Å². The minimum Gasteiger partial charge on any atom is -0.465 e. The Morgan fingerprint density at radius 1 is 1.37 bits per heavy atom. The normalized spacial score (nSPS) is 16.8. The van der Waals surface area contributed by atoms with Crippen molar-refractivity contribution in [3.05, 3.63) is 30.2 Å². The number of likely N-dealkylation sites (tertiary alicyclic amines) is 1. The second-order valence-electron chi connectivity index (χ2n) is 4.90. The van der Waals surface area contributed by atoms with Crippen molar-refractivity contribution in [3.63, 3.8) is 0 Å². The fourth-order valence-corrected chi connectivity index (χ4v) is 2.30. The molecular formula is C15H22N2O2. The molecule has 1 aliphatic rings. The monoisotopic (exact) mass is 262 g/mol. The highest BCUT2D eigenvalue weighted by Crippen LogP contribution is 2.08. The van der Waals surface area contributed by atoms with Crippen LogP contribution in [-0.4, -0.2) is 37.0 Å². The van der Waals surface area contributed by atoms with Gasteiger partial charge in [-0.2, -0.15) is 0 Å². The molecule has 0 unspecified atom stereocenters. The number of carbonyl (C=O) groups is 1. The molecule has 1 saturated heterocycles. The predicted molar refractivity (Wildman–Crippen MR) is 75.7 cm³/mol. The lowest BCUT2D eigenvalue weighted by atomic mass is 10.1. The molecule has 4 heteroatoms. The van der Waals surface area contributed by atoms with Crippen molar-refractivity contribution in [2.24, 2.45) is 0 Å². The second kappa shape index (κ2) is 7.79. The quantitative estimate of drug-likeness (QED) is 0.632. The smallest absolute Gasteiger partial charge is 0.244 e. The summed E-state index contributed by atoms with van der Waals surface area (Å²) in [6.45, 7) is 4.25. The second-order valence-corrected chi connectivity index (χ2v) is 4.90. The summed E-state index contributed by atoms with van der Waals surface area (Å²) >= 11 is 0. The number of nitrogens with one attached hydrogen (secondary N) is 1. The van der Waals surface area contributed by atoms with Crippen LogP contribution in [0, 0.1) is 0 Å². The molecule has 0 radical (unpaired) electrons. The third-order valence-corrected chi connectivity index (χ3v) is 3.34. The number of carbonyl (C=O) groups excluding carboxylic acids is 1. The van der Waals surface area contributed by atoms with Gasteiger partial charge in [-0.3, -0.25) is 4.79 Å². The van der Waals surface area contributed by atoms with E-state index in [0.29, 0.717) is 5.76 Å². The molecule has 0 saturated carbocycles. The zero-order valence-corrected chi connectivity index (χ0v) is 11.3. The third-order valence-electron chi connectivity index (χ3n) is 3.34. The molecule has 0 aliphatic carbocycles. The minimum atomic E-state index is -0.0601. The molecule has 1 amide bonds. The van der Waals surface area contributed by atoms with Crippen molar-refractivity contribution in [3.8, 4) is 0 Å². The highest BCUT2D eigenvalue weighted by atomic mass is 16.3. The Kier molecular flexibility index (Phi) is 5.69. The van der Waals surface area contributed by atoms with E-state index >= 15 is 0 Å². The van der Waals surface area contributed by atoms with Crippen LogP contribution in [-0.2, 0) is 4.79 Å². The van der Waals surface area contributed by atoms with Crippen LogP contribution in [0.2, 0.25) is 0 Å². The van der Waals surface area contributed by atoms with Crippen LogP contribution < -0.4 is 5.32 Å². The standard InChI is InChI=1S/C15H22N2O2/c18-15(8-7-14-6-4-13-19-14)16-9-5-12-17-10-2-1-3-11-17/h4,6-8,13H,1-3,5,9-12H2,(H,16,18)/b8-7+. The molecule has 4 nitrogen and oxygen atoms in total. The number of piperidine rings is 1. The molecule has 19 heavy (non-hydrogen) atoms. The van der Waals surface area contributed by atoms with E-state index < -0.39 is 0 Å². The van der Waals surface area contributed by atoms with E-state index in [-0.39, 0.29) is 5.91 Å². The summed E-state index contributed by atoms with van der Waals surface area (Å²) in [5.74, 6) is 0.638. The maximum Gasteiger partial charge on any atom is 0.244 e. The van der Waals surface area contributed by atoms with Gasteiger partial charge in [0, 0.05) is 12.6 Å². The van der Waals surface area contributed by atoms with Crippen LogP contribution in [0.15, 0.2) is 28.9 Å². The van der Waals surface area contributed by atoms with E-state index in [1.807, 2.05) is 6.07 Å². The molecule has 0 bridgehead atoms. The molecule has 2 heterocycles. The van der Waals surface area contributed by atoms with Gasteiger partial charge in [-0.05, 0) is 57.1 Å². The summed E-state index contributed by atoms with van der Waals surface area (Å²) < 4.78 is 5.12. The SMILES string of the molecule is O=C(/C=C/c1ccco1)NCCCN1CCCCC1. The van der Waals surface area contributed by atoms with Crippen LogP contribution >= 0.6 is 0 Å². The van der Waals surface area contributed by atoms with Gasteiger partial charge in [0.15, 0.2) is 0 Å². The minimum absolute atomic E-state index is 0.0601. The Balaban J connectivity index is 1.56. The summed E-state index contributed by atoms with van der Waals surface area (Å²) in [7, 11) is 0. The molecule has 1 N–H and O–H groups in total. The van der Waals surface area contributed by atoms with Crippen molar-refractivity contribution >= 4 is 12.0 Å². The van der Waals surface area contributed by atoms with Gasteiger partial charge in [0.25, 0.3) is 0 Å². The number of hydrogen-bond donors (Lipinski definition) is 1. The first-order valence-corrected chi connectivity index (χ1v) is 7.06. The lowest BCUT2D eigenvalue weighted by Crippen LogP contribution is -2.33. The summed E-state index contributed by atoms with van der Waals surface area (Å²) in [4.78, 5) is 14.0. The average Bonchev–Trinajstić information content (AvgIpc) is 2.96. The van der Waals surface area contributed by atoms with Gasteiger partial charge < -0.3 is 14.6 Å². The topological polar surface area (TPSA) is 45.5 Å². The zero-order valence-electron chi connectivity index (χ0n) is 11.3. The van der Waals surface area contributed by atoms with Crippen molar-refractivity contribution in [1.82, 2.24) is 10.2 Å². The van der Waals surface area contributed by atoms with Gasteiger partial charge in [0.1, 0.15) is 5.76 Å². The van der Waals surface area contributed by atoms with Crippen LogP contribution in [0.3, 0.4) is 0 Å². The molecule has 0 aromatic carbocycles. The van der Waals surface area contributed by atoms with E-state index in [1.165, 1.54) is 38.4 Å². The Bertz CT molecular complexity index is 392. The number of rotatable bonds is 6. The van der Waals surface area contributed by atoms with E-state index in [2.05, 4.69) is 10.2 Å².